The first-order valence-electron chi connectivity index (χ1n) is 10.0. The van der Waals surface area contributed by atoms with Gasteiger partial charge in [-0.25, -0.2) is 9.97 Å². The summed E-state index contributed by atoms with van der Waals surface area (Å²) in [6.07, 6.45) is 2.59. The largest absolute Gasteiger partial charge is 0.483 e. The molecule has 7 heteroatoms. The molecule has 0 unspecified atom stereocenters. The van der Waals surface area contributed by atoms with E-state index in [0.717, 1.165) is 38.7 Å². The molecule has 4 aromatic rings. The lowest BCUT2D eigenvalue weighted by Crippen LogP contribution is -2.25. The second-order valence-electron chi connectivity index (χ2n) is 8.04. The molecule has 3 heterocycles. The molecule has 0 spiro atoms. The first-order valence-corrected chi connectivity index (χ1v) is 10.8. The summed E-state index contributed by atoms with van der Waals surface area (Å²) < 4.78 is 11.7. The van der Waals surface area contributed by atoms with Gasteiger partial charge in [-0.3, -0.25) is 4.79 Å². The maximum atomic E-state index is 12.4. The van der Waals surface area contributed by atoms with Gasteiger partial charge in [0.15, 0.2) is 18.1 Å². The zero-order chi connectivity index (χ0) is 21.4. The monoisotopic (exact) mass is 431 g/mol. The van der Waals surface area contributed by atoms with Gasteiger partial charge in [0.25, 0.3) is 5.91 Å². The van der Waals surface area contributed by atoms with E-state index in [1.807, 2.05) is 68.4 Å². The summed E-state index contributed by atoms with van der Waals surface area (Å²) >= 11 is 1.54. The van der Waals surface area contributed by atoms with Crippen LogP contribution in [0.1, 0.15) is 19.4 Å². The van der Waals surface area contributed by atoms with E-state index in [2.05, 4.69) is 15.3 Å². The summed E-state index contributed by atoms with van der Waals surface area (Å²) in [5.74, 6) is 1.10. The topological polar surface area (TPSA) is 73.3 Å². The second kappa shape index (κ2) is 7.67. The fraction of sp³-hybridized carbons (Fsp3) is 0.208. The van der Waals surface area contributed by atoms with Crippen LogP contribution in [0, 0.1) is 0 Å². The van der Waals surface area contributed by atoms with Gasteiger partial charge < -0.3 is 14.8 Å². The molecule has 1 aliphatic heterocycles. The van der Waals surface area contributed by atoms with Crippen LogP contribution < -0.4 is 14.8 Å². The van der Waals surface area contributed by atoms with E-state index in [4.69, 9.17) is 9.47 Å². The summed E-state index contributed by atoms with van der Waals surface area (Å²) in [4.78, 5) is 22.2. The van der Waals surface area contributed by atoms with E-state index >= 15 is 0 Å². The molecule has 0 radical (unpaired) electrons. The van der Waals surface area contributed by atoms with E-state index in [0.29, 0.717) is 11.4 Å². The Morgan fingerprint density at radius 2 is 2.00 bits per heavy atom. The van der Waals surface area contributed by atoms with Crippen LogP contribution in [0.15, 0.2) is 60.8 Å². The van der Waals surface area contributed by atoms with Gasteiger partial charge in [0.1, 0.15) is 21.0 Å². The number of anilines is 1. The normalized spacial score (nSPS) is 14.1. The Labute approximate surface area is 183 Å². The minimum atomic E-state index is -0.259. The summed E-state index contributed by atoms with van der Waals surface area (Å²) in [5, 5.41) is 3.77. The molecule has 0 bridgehead atoms. The molecule has 1 N–H and O–H groups in total. The fourth-order valence-electron chi connectivity index (χ4n) is 3.63. The van der Waals surface area contributed by atoms with Gasteiger partial charge in [0.2, 0.25) is 0 Å². The maximum Gasteiger partial charge on any atom is 0.262 e. The molecule has 2 aromatic carbocycles. The third kappa shape index (κ3) is 4.09. The number of nitrogens with zero attached hydrogens (tertiary/aromatic N) is 2. The number of rotatable bonds is 5. The first-order chi connectivity index (χ1) is 15.0. The van der Waals surface area contributed by atoms with Crippen LogP contribution >= 0.6 is 11.3 Å². The van der Waals surface area contributed by atoms with Crippen LogP contribution in [-0.4, -0.2) is 28.1 Å². The Morgan fingerprint density at radius 3 is 2.81 bits per heavy atom. The highest BCUT2D eigenvalue weighted by Crippen LogP contribution is 2.41. The SMILES string of the molecule is CC1(C)Cc2cccc(OCC(=O)Nc3ccc(-c4nc5cccnc5s4)cc3)c2O1. The molecular weight excluding hydrogens is 410 g/mol. The number of aromatic nitrogens is 2. The van der Waals surface area contributed by atoms with Crippen molar-refractivity contribution >= 4 is 33.3 Å². The summed E-state index contributed by atoms with van der Waals surface area (Å²) in [6, 6.07) is 17.2. The molecule has 0 atom stereocenters. The van der Waals surface area contributed by atoms with Crippen molar-refractivity contribution in [2.75, 3.05) is 11.9 Å². The van der Waals surface area contributed by atoms with Crippen LogP contribution in [-0.2, 0) is 11.2 Å². The smallest absolute Gasteiger partial charge is 0.262 e. The summed E-state index contributed by atoms with van der Waals surface area (Å²) in [5.41, 5.74) is 3.41. The van der Waals surface area contributed by atoms with Crippen molar-refractivity contribution in [3.05, 3.63) is 66.4 Å². The standard InChI is InChI=1S/C24H21N3O3S/c1-24(2)13-16-5-3-7-19(21(16)30-24)29-14-20(28)26-17-10-8-15(9-11-17)22-27-18-6-4-12-25-23(18)31-22/h3-12H,13-14H2,1-2H3,(H,26,28). The molecule has 0 saturated heterocycles. The number of nitrogens with one attached hydrogen (secondary N) is 1. The van der Waals surface area contributed by atoms with Crippen LogP contribution in [0.4, 0.5) is 5.69 Å². The first kappa shape index (κ1) is 19.5. The van der Waals surface area contributed by atoms with Crippen LogP contribution in [0.2, 0.25) is 0 Å². The average molecular weight is 432 g/mol. The highest BCUT2D eigenvalue weighted by atomic mass is 32.1. The van der Waals surface area contributed by atoms with Gasteiger partial charge in [-0.15, -0.1) is 0 Å². The van der Waals surface area contributed by atoms with Gasteiger partial charge in [-0.1, -0.05) is 23.5 Å². The predicted octanol–water partition coefficient (Wildman–Crippen LogP) is 5.09. The number of benzene rings is 2. The molecular formula is C24H21N3O3S. The molecule has 1 aliphatic rings. The van der Waals surface area contributed by atoms with E-state index < -0.39 is 0 Å². The van der Waals surface area contributed by atoms with Crippen LogP contribution in [0.3, 0.4) is 0 Å². The summed E-state index contributed by atoms with van der Waals surface area (Å²) in [7, 11) is 0. The van der Waals surface area contributed by atoms with Crippen molar-refractivity contribution in [1.29, 1.82) is 0 Å². The minimum absolute atomic E-state index is 0.0917. The molecule has 6 nitrogen and oxygen atoms in total. The molecule has 0 aliphatic carbocycles. The maximum absolute atomic E-state index is 12.4. The minimum Gasteiger partial charge on any atom is -0.483 e. The van der Waals surface area contributed by atoms with Crippen molar-refractivity contribution in [1.82, 2.24) is 9.97 Å². The van der Waals surface area contributed by atoms with Crippen molar-refractivity contribution < 1.29 is 14.3 Å². The average Bonchev–Trinajstić information content (AvgIpc) is 3.32. The van der Waals surface area contributed by atoms with Gasteiger partial charge in [0, 0.05) is 29.4 Å². The fourth-order valence-corrected chi connectivity index (χ4v) is 4.54. The molecule has 5 rings (SSSR count). The molecule has 0 fully saturated rings. The summed E-state index contributed by atoms with van der Waals surface area (Å²) in [6.45, 7) is 3.99. The number of para-hydroxylation sites is 1. The molecule has 0 saturated carbocycles. The Balaban J connectivity index is 1.22. The number of fused-ring (bicyclic) bond motifs is 2. The van der Waals surface area contributed by atoms with Crippen molar-refractivity contribution in [3.8, 4) is 22.1 Å². The van der Waals surface area contributed by atoms with Gasteiger partial charge in [0.05, 0.1) is 0 Å². The number of hydrogen-bond acceptors (Lipinski definition) is 6. The molecule has 2 aromatic heterocycles. The van der Waals surface area contributed by atoms with E-state index in [1.165, 1.54) is 0 Å². The Morgan fingerprint density at radius 1 is 1.16 bits per heavy atom. The molecule has 31 heavy (non-hydrogen) atoms. The Bertz CT molecular complexity index is 1230. The lowest BCUT2D eigenvalue weighted by molar-refractivity contribution is -0.118. The lowest BCUT2D eigenvalue weighted by atomic mass is 10.0. The Kier molecular flexibility index (Phi) is 4.82. The van der Waals surface area contributed by atoms with Crippen molar-refractivity contribution in [2.24, 2.45) is 0 Å². The second-order valence-corrected chi connectivity index (χ2v) is 9.02. The van der Waals surface area contributed by atoms with Crippen molar-refractivity contribution in [2.45, 2.75) is 25.9 Å². The zero-order valence-corrected chi connectivity index (χ0v) is 18.0. The number of hydrogen-bond donors (Lipinski definition) is 1. The van der Waals surface area contributed by atoms with E-state index in [9.17, 15) is 4.79 Å². The predicted molar refractivity (Wildman–Crippen MR) is 122 cm³/mol. The number of carbonyl (C=O) groups excluding carboxylic acids is 1. The van der Waals surface area contributed by atoms with E-state index in [-0.39, 0.29) is 18.1 Å². The lowest BCUT2D eigenvalue weighted by Gasteiger charge is -2.18. The quantitative estimate of drug-likeness (QED) is 0.477. The number of ether oxygens (including phenoxy) is 2. The molecule has 1 amide bonds. The number of pyridine rings is 1. The van der Waals surface area contributed by atoms with E-state index in [1.54, 1.807) is 17.5 Å². The van der Waals surface area contributed by atoms with Gasteiger partial charge >= 0.3 is 0 Å². The third-order valence-corrected chi connectivity index (χ3v) is 6.02. The number of thiazole rings is 1. The highest BCUT2D eigenvalue weighted by Gasteiger charge is 2.32. The van der Waals surface area contributed by atoms with Crippen LogP contribution in [0.25, 0.3) is 20.9 Å². The number of carbonyl (C=O) groups is 1. The van der Waals surface area contributed by atoms with Crippen molar-refractivity contribution in [3.63, 3.8) is 0 Å². The van der Waals surface area contributed by atoms with Crippen LogP contribution in [0.5, 0.6) is 11.5 Å². The van der Waals surface area contributed by atoms with Gasteiger partial charge in [-0.05, 0) is 56.3 Å². The number of amides is 1. The third-order valence-electron chi connectivity index (χ3n) is 5.00. The Hall–Kier alpha value is -3.45. The zero-order valence-electron chi connectivity index (χ0n) is 17.2. The highest BCUT2D eigenvalue weighted by molar-refractivity contribution is 7.21. The molecule has 156 valence electrons. The van der Waals surface area contributed by atoms with Gasteiger partial charge in [-0.2, -0.15) is 0 Å².